The van der Waals surface area contributed by atoms with Gasteiger partial charge < -0.3 is 5.32 Å². The van der Waals surface area contributed by atoms with Crippen LogP contribution in [-0.2, 0) is 10.0 Å². The molecule has 1 aliphatic carbocycles. The Morgan fingerprint density at radius 1 is 1.26 bits per heavy atom. The molecule has 6 nitrogen and oxygen atoms in total. The van der Waals surface area contributed by atoms with Crippen molar-refractivity contribution in [2.75, 3.05) is 18.4 Å². The first-order valence-corrected chi connectivity index (χ1v) is 8.05. The third-order valence-corrected chi connectivity index (χ3v) is 4.97. The predicted octanol–water partition coefficient (Wildman–Crippen LogP) is 1.38. The van der Waals surface area contributed by atoms with Crippen LogP contribution >= 0.6 is 0 Å². The minimum absolute atomic E-state index is 0.112. The average molecular weight is 284 g/mol. The van der Waals surface area contributed by atoms with E-state index in [0.717, 1.165) is 19.3 Å². The molecule has 1 aromatic rings. The summed E-state index contributed by atoms with van der Waals surface area (Å²) in [6.45, 7) is 5.22. The SMILES string of the molecule is CCNc1ncc(S(=O)(=O)NCC2(CC)CC2)cn1. The highest BCUT2D eigenvalue weighted by atomic mass is 32.2. The van der Waals surface area contributed by atoms with E-state index in [1.807, 2.05) is 6.92 Å². The minimum atomic E-state index is -3.50. The largest absolute Gasteiger partial charge is 0.355 e. The fourth-order valence-corrected chi connectivity index (χ4v) is 2.91. The maximum absolute atomic E-state index is 12.1. The third-order valence-electron chi connectivity index (χ3n) is 3.62. The molecule has 19 heavy (non-hydrogen) atoms. The van der Waals surface area contributed by atoms with Gasteiger partial charge in [0.25, 0.3) is 0 Å². The fraction of sp³-hybridized carbons (Fsp3) is 0.667. The molecule has 0 unspecified atom stereocenters. The quantitative estimate of drug-likeness (QED) is 0.790. The van der Waals surface area contributed by atoms with Crippen LogP contribution in [0.15, 0.2) is 17.3 Å². The maximum atomic E-state index is 12.1. The van der Waals surface area contributed by atoms with Crippen molar-refractivity contribution in [2.45, 2.75) is 38.0 Å². The Labute approximate surface area is 114 Å². The van der Waals surface area contributed by atoms with Gasteiger partial charge in [-0.25, -0.2) is 23.1 Å². The molecule has 0 saturated heterocycles. The monoisotopic (exact) mass is 284 g/mol. The Balaban J connectivity index is 2.02. The molecule has 7 heteroatoms. The second-order valence-corrected chi connectivity index (χ2v) is 6.72. The normalized spacial score (nSPS) is 17.2. The molecule has 0 amide bonds. The molecule has 0 aliphatic heterocycles. The lowest BCUT2D eigenvalue weighted by atomic mass is 10.1. The molecule has 1 aliphatic rings. The molecular weight excluding hydrogens is 264 g/mol. The number of hydrogen-bond donors (Lipinski definition) is 2. The number of hydrogen-bond acceptors (Lipinski definition) is 5. The molecule has 2 N–H and O–H groups in total. The molecule has 0 spiro atoms. The second kappa shape index (κ2) is 5.42. The minimum Gasteiger partial charge on any atom is -0.355 e. The van der Waals surface area contributed by atoms with Gasteiger partial charge in [0, 0.05) is 13.1 Å². The van der Waals surface area contributed by atoms with E-state index in [1.54, 1.807) is 0 Å². The van der Waals surface area contributed by atoms with E-state index in [1.165, 1.54) is 12.4 Å². The topological polar surface area (TPSA) is 84.0 Å². The van der Waals surface area contributed by atoms with Crippen LogP contribution in [0.4, 0.5) is 5.95 Å². The summed E-state index contributed by atoms with van der Waals surface area (Å²) in [5, 5.41) is 2.92. The lowest BCUT2D eigenvalue weighted by molar-refractivity contribution is 0.475. The zero-order chi connectivity index (χ0) is 13.9. The van der Waals surface area contributed by atoms with Crippen LogP contribution < -0.4 is 10.0 Å². The van der Waals surface area contributed by atoms with Gasteiger partial charge in [-0.05, 0) is 31.6 Å². The van der Waals surface area contributed by atoms with Crippen LogP contribution in [0.3, 0.4) is 0 Å². The van der Waals surface area contributed by atoms with Crippen LogP contribution in [0.5, 0.6) is 0 Å². The van der Waals surface area contributed by atoms with Crippen molar-refractivity contribution in [1.82, 2.24) is 14.7 Å². The van der Waals surface area contributed by atoms with Crippen LogP contribution in [0.25, 0.3) is 0 Å². The number of sulfonamides is 1. The highest BCUT2D eigenvalue weighted by Gasteiger charge is 2.41. The molecule has 2 rings (SSSR count). The Bertz CT molecular complexity index is 523. The molecule has 0 radical (unpaired) electrons. The van der Waals surface area contributed by atoms with Gasteiger partial charge in [-0.1, -0.05) is 6.92 Å². The van der Waals surface area contributed by atoms with Crippen molar-refractivity contribution in [3.8, 4) is 0 Å². The van der Waals surface area contributed by atoms with Crippen LogP contribution in [-0.4, -0.2) is 31.5 Å². The summed E-state index contributed by atoms with van der Waals surface area (Å²) >= 11 is 0. The van der Waals surface area contributed by atoms with E-state index in [2.05, 4.69) is 26.9 Å². The lowest BCUT2D eigenvalue weighted by Crippen LogP contribution is -2.30. The molecule has 0 bridgehead atoms. The summed E-state index contributed by atoms with van der Waals surface area (Å²) in [5.74, 6) is 0.439. The van der Waals surface area contributed by atoms with Crippen LogP contribution in [0.1, 0.15) is 33.1 Å². The first kappa shape index (κ1) is 14.2. The van der Waals surface area contributed by atoms with E-state index < -0.39 is 10.0 Å². The molecular formula is C12H20N4O2S. The van der Waals surface area contributed by atoms with Crippen molar-refractivity contribution in [2.24, 2.45) is 5.41 Å². The molecule has 0 aromatic carbocycles. The number of anilines is 1. The summed E-state index contributed by atoms with van der Waals surface area (Å²) in [7, 11) is -3.50. The summed E-state index contributed by atoms with van der Waals surface area (Å²) in [6.07, 6.45) is 5.87. The zero-order valence-electron chi connectivity index (χ0n) is 11.3. The Kier molecular flexibility index (Phi) is 4.05. The zero-order valence-corrected chi connectivity index (χ0v) is 12.1. The van der Waals surface area contributed by atoms with Gasteiger partial charge in [-0.3, -0.25) is 0 Å². The van der Waals surface area contributed by atoms with Gasteiger partial charge in [-0.2, -0.15) is 0 Å². The average Bonchev–Trinajstić information content (AvgIpc) is 3.18. The van der Waals surface area contributed by atoms with E-state index in [-0.39, 0.29) is 10.3 Å². The van der Waals surface area contributed by atoms with Crippen molar-refractivity contribution in [3.05, 3.63) is 12.4 Å². The molecule has 106 valence electrons. The Morgan fingerprint density at radius 3 is 2.37 bits per heavy atom. The summed E-state index contributed by atoms with van der Waals surface area (Å²) in [5.41, 5.74) is 0.178. The first-order valence-electron chi connectivity index (χ1n) is 6.57. The van der Waals surface area contributed by atoms with Gasteiger partial charge >= 0.3 is 0 Å². The number of aromatic nitrogens is 2. The van der Waals surface area contributed by atoms with Crippen LogP contribution in [0.2, 0.25) is 0 Å². The number of nitrogens with zero attached hydrogens (tertiary/aromatic N) is 2. The molecule has 0 atom stereocenters. The Morgan fingerprint density at radius 2 is 1.89 bits per heavy atom. The van der Waals surface area contributed by atoms with E-state index in [9.17, 15) is 8.42 Å². The van der Waals surface area contributed by atoms with Crippen molar-refractivity contribution in [3.63, 3.8) is 0 Å². The summed E-state index contributed by atoms with van der Waals surface area (Å²) < 4.78 is 26.8. The first-order chi connectivity index (χ1) is 9.01. The molecule has 1 fully saturated rings. The fourth-order valence-electron chi connectivity index (χ4n) is 1.87. The maximum Gasteiger partial charge on any atom is 0.243 e. The predicted molar refractivity (Wildman–Crippen MR) is 73.3 cm³/mol. The van der Waals surface area contributed by atoms with Gasteiger partial charge in [-0.15, -0.1) is 0 Å². The van der Waals surface area contributed by atoms with Crippen molar-refractivity contribution in [1.29, 1.82) is 0 Å². The van der Waals surface area contributed by atoms with Gasteiger partial charge in [0.2, 0.25) is 16.0 Å². The van der Waals surface area contributed by atoms with E-state index in [4.69, 9.17) is 0 Å². The number of rotatable bonds is 7. The second-order valence-electron chi connectivity index (χ2n) is 4.95. The smallest absolute Gasteiger partial charge is 0.243 e. The molecule has 1 aromatic heterocycles. The van der Waals surface area contributed by atoms with Crippen molar-refractivity contribution >= 4 is 16.0 Å². The van der Waals surface area contributed by atoms with Crippen molar-refractivity contribution < 1.29 is 8.42 Å². The van der Waals surface area contributed by atoms with Gasteiger partial charge in [0.1, 0.15) is 4.90 Å². The number of nitrogens with one attached hydrogen (secondary N) is 2. The van der Waals surface area contributed by atoms with Gasteiger partial charge in [0.05, 0.1) is 12.4 Å². The summed E-state index contributed by atoms with van der Waals surface area (Å²) in [4.78, 5) is 8.06. The van der Waals surface area contributed by atoms with Crippen LogP contribution in [0, 0.1) is 5.41 Å². The van der Waals surface area contributed by atoms with E-state index in [0.29, 0.717) is 19.0 Å². The third kappa shape index (κ3) is 3.42. The standard InChI is InChI=1S/C12H20N4O2S/c1-3-12(5-6-12)9-16-19(17,18)10-7-14-11(13-4-2)15-8-10/h7-8,16H,3-6,9H2,1-2H3,(H,13,14,15). The summed E-state index contributed by atoms with van der Waals surface area (Å²) in [6, 6.07) is 0. The highest BCUT2D eigenvalue weighted by molar-refractivity contribution is 7.89. The molecule has 1 heterocycles. The molecule has 1 saturated carbocycles. The highest BCUT2D eigenvalue weighted by Crippen LogP contribution is 2.48. The van der Waals surface area contributed by atoms with E-state index >= 15 is 0 Å². The Hall–Kier alpha value is -1.21. The lowest BCUT2D eigenvalue weighted by Gasteiger charge is -2.13. The van der Waals surface area contributed by atoms with Gasteiger partial charge in [0.15, 0.2) is 0 Å².